The molecule has 0 fully saturated rings. The van der Waals surface area contributed by atoms with E-state index in [2.05, 4.69) is 12.1 Å². The van der Waals surface area contributed by atoms with Gasteiger partial charge in [0.05, 0.1) is 0 Å². The number of hydrogen-bond donors (Lipinski definition) is 0. The summed E-state index contributed by atoms with van der Waals surface area (Å²) in [5, 5.41) is 0. The van der Waals surface area contributed by atoms with Gasteiger partial charge in [-0.3, -0.25) is 9.59 Å². The zero-order valence-electron chi connectivity index (χ0n) is 15.7. The molecule has 0 aliphatic heterocycles. The van der Waals surface area contributed by atoms with Crippen LogP contribution in [0.15, 0.2) is 58.3 Å². The molecule has 2 aliphatic carbocycles. The lowest BCUT2D eigenvalue weighted by atomic mass is 9.78. The molecule has 0 saturated carbocycles. The third kappa shape index (κ3) is 2.51. The molecule has 138 valence electrons. The summed E-state index contributed by atoms with van der Waals surface area (Å²) in [5.41, 5.74) is 7.20. The van der Waals surface area contributed by atoms with Crippen molar-refractivity contribution >= 4 is 35.1 Å². The third-order valence-corrected chi connectivity index (χ3v) is 7.39. The Morgan fingerprint density at radius 3 is 1.46 bits per heavy atom. The lowest BCUT2D eigenvalue weighted by molar-refractivity contribution is 0.102. The maximum Gasteiger partial charge on any atom is 0.193 e. The summed E-state index contributed by atoms with van der Waals surface area (Å²) in [5.74, 6) is 0.151. The molecule has 0 amide bonds. The van der Waals surface area contributed by atoms with Crippen LogP contribution in [-0.4, -0.2) is 24.1 Å². The highest BCUT2D eigenvalue weighted by molar-refractivity contribution is 7.98. The maximum absolute atomic E-state index is 13.2. The van der Waals surface area contributed by atoms with E-state index in [0.717, 1.165) is 54.3 Å². The Balaban J connectivity index is 1.67. The van der Waals surface area contributed by atoms with Gasteiger partial charge in [-0.1, -0.05) is 24.3 Å². The monoisotopic (exact) mass is 402 g/mol. The minimum absolute atomic E-state index is 0.0753. The second kappa shape index (κ2) is 6.64. The minimum atomic E-state index is 0.0753. The Hall–Kier alpha value is -2.30. The van der Waals surface area contributed by atoms with Crippen LogP contribution in [0.3, 0.4) is 0 Å². The highest BCUT2D eigenvalue weighted by Crippen LogP contribution is 2.38. The Labute approximate surface area is 172 Å². The predicted molar refractivity (Wildman–Crippen MR) is 115 cm³/mol. The first-order valence-corrected chi connectivity index (χ1v) is 11.6. The molecule has 2 aliphatic rings. The van der Waals surface area contributed by atoms with Crippen molar-refractivity contribution in [3.05, 3.63) is 93.0 Å². The highest BCUT2D eigenvalue weighted by Gasteiger charge is 2.31. The van der Waals surface area contributed by atoms with Gasteiger partial charge < -0.3 is 0 Å². The second-order valence-corrected chi connectivity index (χ2v) is 8.85. The average molecular weight is 403 g/mol. The molecule has 0 unspecified atom stereocenters. The van der Waals surface area contributed by atoms with E-state index < -0.39 is 0 Å². The third-order valence-electron chi connectivity index (χ3n) is 5.75. The lowest BCUT2D eigenvalue weighted by Gasteiger charge is -2.26. The fourth-order valence-electron chi connectivity index (χ4n) is 4.38. The van der Waals surface area contributed by atoms with Gasteiger partial charge in [0.2, 0.25) is 0 Å². The van der Waals surface area contributed by atoms with E-state index in [0.29, 0.717) is 12.8 Å². The van der Waals surface area contributed by atoms with Crippen LogP contribution in [0.2, 0.25) is 0 Å². The van der Waals surface area contributed by atoms with E-state index in [1.54, 1.807) is 23.5 Å². The molecular formula is C24H18O2S2. The molecule has 3 aromatic rings. The molecule has 5 rings (SSSR count). The number of thioether (sulfide) groups is 2. The van der Waals surface area contributed by atoms with Crippen molar-refractivity contribution in [2.45, 2.75) is 22.6 Å². The van der Waals surface area contributed by atoms with Gasteiger partial charge in [-0.15, -0.1) is 23.5 Å². The van der Waals surface area contributed by atoms with Crippen LogP contribution in [0.4, 0.5) is 0 Å². The van der Waals surface area contributed by atoms with Gasteiger partial charge in [-0.2, -0.15) is 0 Å². The van der Waals surface area contributed by atoms with Crippen molar-refractivity contribution in [1.29, 1.82) is 0 Å². The van der Waals surface area contributed by atoms with E-state index >= 15 is 0 Å². The average Bonchev–Trinajstić information content (AvgIpc) is 2.73. The first-order chi connectivity index (χ1) is 13.6. The second-order valence-electron chi connectivity index (χ2n) is 7.15. The number of carbonyl (C=O) groups is 2. The van der Waals surface area contributed by atoms with E-state index in [9.17, 15) is 9.59 Å². The van der Waals surface area contributed by atoms with Crippen molar-refractivity contribution in [3.8, 4) is 0 Å². The summed E-state index contributed by atoms with van der Waals surface area (Å²) < 4.78 is 0. The van der Waals surface area contributed by atoms with Crippen LogP contribution < -0.4 is 0 Å². The van der Waals surface area contributed by atoms with Crippen LogP contribution in [0.25, 0.3) is 0 Å². The molecule has 0 radical (unpaired) electrons. The van der Waals surface area contributed by atoms with Gasteiger partial charge in [-0.05, 0) is 59.0 Å². The molecule has 3 aromatic carbocycles. The largest absolute Gasteiger partial charge is 0.289 e. The predicted octanol–water partition coefficient (Wildman–Crippen LogP) is 5.40. The van der Waals surface area contributed by atoms with E-state index in [1.165, 1.54) is 0 Å². The van der Waals surface area contributed by atoms with Gasteiger partial charge in [0.1, 0.15) is 0 Å². The van der Waals surface area contributed by atoms with Crippen LogP contribution in [0.1, 0.15) is 54.1 Å². The Morgan fingerprint density at radius 2 is 1.07 bits per heavy atom. The number of ketones is 2. The van der Waals surface area contributed by atoms with E-state index in [-0.39, 0.29) is 11.6 Å². The quantitative estimate of drug-likeness (QED) is 0.370. The van der Waals surface area contributed by atoms with Crippen molar-refractivity contribution in [3.63, 3.8) is 0 Å². The van der Waals surface area contributed by atoms with Crippen LogP contribution in [0.5, 0.6) is 0 Å². The molecule has 0 bridgehead atoms. The normalized spacial score (nSPS) is 14.2. The zero-order chi connectivity index (χ0) is 19.4. The standard InChI is InChI=1S/C24H18O2S2/c1-27-21-7-3-5-15-19(21)11-13-9-18-14(10-17(13)23(15)25)12-20-16(24(18)26)6-4-8-22(20)28-2/h3-10H,11-12H2,1-2H3. The van der Waals surface area contributed by atoms with Gasteiger partial charge in [0.25, 0.3) is 0 Å². The zero-order valence-corrected chi connectivity index (χ0v) is 17.3. The molecule has 4 heteroatoms. The molecular weight excluding hydrogens is 384 g/mol. The first kappa shape index (κ1) is 17.8. The minimum Gasteiger partial charge on any atom is -0.289 e. The molecule has 0 N–H and O–H groups in total. The smallest absolute Gasteiger partial charge is 0.193 e. The van der Waals surface area contributed by atoms with Gasteiger partial charge in [-0.25, -0.2) is 0 Å². The van der Waals surface area contributed by atoms with E-state index in [4.69, 9.17) is 0 Å². The summed E-state index contributed by atoms with van der Waals surface area (Å²) in [6.45, 7) is 0. The molecule has 28 heavy (non-hydrogen) atoms. The summed E-state index contributed by atoms with van der Waals surface area (Å²) in [6.07, 6.45) is 5.47. The molecule has 0 spiro atoms. The van der Waals surface area contributed by atoms with Gasteiger partial charge in [0.15, 0.2) is 11.6 Å². The number of hydrogen-bond acceptors (Lipinski definition) is 4. The summed E-state index contributed by atoms with van der Waals surface area (Å²) in [6, 6.07) is 15.8. The Kier molecular flexibility index (Phi) is 4.22. The fourth-order valence-corrected chi connectivity index (χ4v) is 5.67. The van der Waals surface area contributed by atoms with Crippen LogP contribution in [0, 0.1) is 0 Å². The highest BCUT2D eigenvalue weighted by atomic mass is 32.2. The summed E-state index contributed by atoms with van der Waals surface area (Å²) in [7, 11) is 0. The first-order valence-electron chi connectivity index (χ1n) is 9.19. The molecule has 0 aromatic heterocycles. The van der Waals surface area contributed by atoms with Crippen molar-refractivity contribution < 1.29 is 9.59 Å². The number of fused-ring (bicyclic) bond motifs is 4. The molecule has 0 saturated heterocycles. The SMILES string of the molecule is CSc1cccc2c1Cc1cc3c(cc1C2=O)Cc1c(SC)cccc1C3=O. The van der Waals surface area contributed by atoms with Crippen molar-refractivity contribution in [1.82, 2.24) is 0 Å². The van der Waals surface area contributed by atoms with Crippen LogP contribution in [-0.2, 0) is 12.8 Å². The number of benzene rings is 3. The Morgan fingerprint density at radius 1 is 0.643 bits per heavy atom. The topological polar surface area (TPSA) is 34.1 Å². The number of rotatable bonds is 2. The summed E-state index contributed by atoms with van der Waals surface area (Å²) >= 11 is 3.33. The Bertz CT molecular complexity index is 1080. The van der Waals surface area contributed by atoms with Crippen LogP contribution >= 0.6 is 23.5 Å². The van der Waals surface area contributed by atoms with Crippen molar-refractivity contribution in [2.75, 3.05) is 12.5 Å². The van der Waals surface area contributed by atoms with Gasteiger partial charge in [0, 0.05) is 44.9 Å². The van der Waals surface area contributed by atoms with E-state index in [1.807, 2.05) is 48.9 Å². The lowest BCUT2D eigenvalue weighted by Crippen LogP contribution is -2.21. The van der Waals surface area contributed by atoms with Gasteiger partial charge >= 0.3 is 0 Å². The molecule has 2 nitrogen and oxygen atoms in total. The molecule has 0 atom stereocenters. The molecule has 0 heterocycles. The number of carbonyl (C=O) groups excluding carboxylic acids is 2. The maximum atomic E-state index is 13.2. The fraction of sp³-hybridized carbons (Fsp3) is 0.167. The summed E-state index contributed by atoms with van der Waals surface area (Å²) in [4.78, 5) is 28.7. The van der Waals surface area contributed by atoms with Crippen molar-refractivity contribution in [2.24, 2.45) is 0 Å².